The summed E-state index contributed by atoms with van der Waals surface area (Å²) in [5.41, 5.74) is 2.00. The van der Waals surface area contributed by atoms with Crippen molar-refractivity contribution in [1.82, 2.24) is 20.3 Å². The zero-order valence-corrected chi connectivity index (χ0v) is 14.6. The normalized spacial score (nSPS) is 10.7. The van der Waals surface area contributed by atoms with E-state index in [1.54, 1.807) is 18.3 Å². The summed E-state index contributed by atoms with van der Waals surface area (Å²) in [6, 6.07) is 6.07. The number of fused-ring (bicyclic) bond motifs is 1. The molecule has 2 heterocycles. The fraction of sp³-hybridized carbons (Fsp3) is 0.125. The molecule has 0 spiro atoms. The molecule has 0 aliphatic heterocycles. The molecule has 0 aliphatic rings. The van der Waals surface area contributed by atoms with Gasteiger partial charge in [-0.05, 0) is 31.2 Å². The van der Waals surface area contributed by atoms with E-state index in [-0.39, 0.29) is 21.8 Å². The molecule has 25 heavy (non-hydrogen) atoms. The molecule has 3 aromatic rings. The van der Waals surface area contributed by atoms with E-state index >= 15 is 0 Å². The van der Waals surface area contributed by atoms with Crippen LogP contribution in [0.2, 0.25) is 10.0 Å². The Balaban J connectivity index is 1.99. The number of phenolic OH excluding ortho intramolecular Hbond substituents is 1. The van der Waals surface area contributed by atoms with E-state index in [1.165, 1.54) is 12.1 Å². The highest BCUT2D eigenvalue weighted by Crippen LogP contribution is 2.35. The number of nitrogens with one attached hydrogen (secondary N) is 2. The van der Waals surface area contributed by atoms with E-state index in [4.69, 9.17) is 23.2 Å². The highest BCUT2D eigenvalue weighted by molar-refractivity contribution is 6.37. The molecule has 1 aromatic carbocycles. The molecule has 0 atom stereocenters. The number of carbonyl (C=O) groups excluding carboxylic acids is 1. The molecule has 0 saturated heterocycles. The van der Waals surface area contributed by atoms with Crippen molar-refractivity contribution in [3.8, 4) is 17.0 Å². The van der Waals surface area contributed by atoms with Gasteiger partial charge in [-0.1, -0.05) is 23.2 Å². The van der Waals surface area contributed by atoms with Crippen LogP contribution in [-0.4, -0.2) is 32.6 Å². The van der Waals surface area contributed by atoms with Crippen LogP contribution in [0.25, 0.3) is 22.4 Å². The Hall–Kier alpha value is -2.64. The average molecular weight is 378 g/mol. The lowest BCUT2D eigenvalue weighted by Crippen LogP contribution is -2.28. The summed E-state index contributed by atoms with van der Waals surface area (Å²) in [6.45, 7) is 2.32. The quantitative estimate of drug-likeness (QED) is 0.643. The van der Waals surface area contributed by atoms with Gasteiger partial charge in [0.2, 0.25) is 0 Å². The minimum absolute atomic E-state index is 0.115. The monoisotopic (exact) mass is 377 g/mol. The van der Waals surface area contributed by atoms with Gasteiger partial charge in [-0.25, -0.2) is 14.8 Å². The lowest BCUT2D eigenvalue weighted by molar-refractivity contribution is 0.252. The van der Waals surface area contributed by atoms with E-state index in [0.717, 1.165) is 0 Å². The third kappa shape index (κ3) is 3.72. The highest BCUT2D eigenvalue weighted by Gasteiger charge is 2.11. The zero-order valence-electron chi connectivity index (χ0n) is 13.0. The zero-order chi connectivity index (χ0) is 18.0. The van der Waals surface area contributed by atoms with Crippen molar-refractivity contribution in [2.45, 2.75) is 6.92 Å². The van der Waals surface area contributed by atoms with Gasteiger partial charge in [-0.15, -0.1) is 0 Å². The largest absolute Gasteiger partial charge is 0.505 e. The number of benzene rings is 1. The van der Waals surface area contributed by atoms with E-state index in [9.17, 15) is 9.90 Å². The Bertz CT molecular complexity index is 941. The maximum atomic E-state index is 11.6. The molecule has 0 aliphatic carbocycles. The molecule has 3 N–H and O–H groups in total. The van der Waals surface area contributed by atoms with Crippen molar-refractivity contribution in [2.75, 3.05) is 11.9 Å². The number of aromatic nitrogens is 3. The molecule has 3 rings (SSSR count). The van der Waals surface area contributed by atoms with Crippen LogP contribution >= 0.6 is 23.2 Å². The SMILES string of the molecule is CCNC(=O)Nc1ccc2ncc(-c3cc(Cl)c(O)c(Cl)c3)nc2n1. The highest BCUT2D eigenvalue weighted by atomic mass is 35.5. The number of carbonyl (C=O) groups is 1. The molecule has 0 bridgehead atoms. The number of hydrogen-bond donors (Lipinski definition) is 3. The van der Waals surface area contributed by atoms with Gasteiger partial charge in [-0.2, -0.15) is 0 Å². The van der Waals surface area contributed by atoms with E-state index in [2.05, 4.69) is 25.6 Å². The smallest absolute Gasteiger partial charge is 0.320 e. The molecule has 0 fully saturated rings. The number of amides is 2. The van der Waals surface area contributed by atoms with Crippen molar-refractivity contribution in [1.29, 1.82) is 0 Å². The van der Waals surface area contributed by atoms with Crippen LogP contribution in [0.1, 0.15) is 6.92 Å². The summed E-state index contributed by atoms with van der Waals surface area (Å²) in [4.78, 5) is 24.6. The van der Waals surface area contributed by atoms with Crippen molar-refractivity contribution in [3.63, 3.8) is 0 Å². The van der Waals surface area contributed by atoms with Crippen LogP contribution in [0.5, 0.6) is 5.75 Å². The molecule has 2 aromatic heterocycles. The van der Waals surface area contributed by atoms with Crippen molar-refractivity contribution in [2.24, 2.45) is 0 Å². The van der Waals surface area contributed by atoms with Crippen LogP contribution in [0, 0.1) is 0 Å². The van der Waals surface area contributed by atoms with Crippen molar-refractivity contribution in [3.05, 3.63) is 40.5 Å². The second-order valence-corrected chi connectivity index (χ2v) is 5.88. The lowest BCUT2D eigenvalue weighted by Gasteiger charge is -2.07. The van der Waals surface area contributed by atoms with Gasteiger partial charge in [0.05, 0.1) is 21.9 Å². The fourth-order valence-electron chi connectivity index (χ4n) is 2.14. The number of aromatic hydroxyl groups is 1. The maximum absolute atomic E-state index is 11.6. The maximum Gasteiger partial charge on any atom is 0.320 e. The van der Waals surface area contributed by atoms with Crippen LogP contribution in [0.15, 0.2) is 30.5 Å². The third-order valence-electron chi connectivity index (χ3n) is 3.30. The first-order valence-electron chi connectivity index (χ1n) is 7.35. The molecular weight excluding hydrogens is 365 g/mol. The number of rotatable bonds is 3. The summed E-state index contributed by atoms with van der Waals surface area (Å²) < 4.78 is 0. The summed E-state index contributed by atoms with van der Waals surface area (Å²) >= 11 is 11.9. The number of anilines is 1. The number of pyridine rings is 1. The van der Waals surface area contributed by atoms with Gasteiger partial charge in [0, 0.05) is 12.1 Å². The van der Waals surface area contributed by atoms with E-state index in [0.29, 0.717) is 34.8 Å². The summed E-state index contributed by atoms with van der Waals surface area (Å²) in [5, 5.41) is 15.1. The molecule has 0 unspecified atom stereocenters. The standard InChI is InChI=1S/C16H13Cl2N5O2/c1-2-19-16(25)23-13-4-3-11-15(22-13)21-12(7-20-11)8-5-9(17)14(24)10(18)6-8/h3-7,24H,2H2,1H3,(H2,19,21,22,23,25). The average Bonchev–Trinajstić information content (AvgIpc) is 2.58. The lowest BCUT2D eigenvalue weighted by atomic mass is 10.1. The third-order valence-corrected chi connectivity index (χ3v) is 3.87. The van der Waals surface area contributed by atoms with Crippen LogP contribution in [0.3, 0.4) is 0 Å². The first-order chi connectivity index (χ1) is 12.0. The topological polar surface area (TPSA) is 100 Å². The van der Waals surface area contributed by atoms with Crippen LogP contribution < -0.4 is 10.6 Å². The molecule has 9 heteroatoms. The van der Waals surface area contributed by atoms with E-state index in [1.807, 2.05) is 6.92 Å². The number of nitrogens with zero attached hydrogens (tertiary/aromatic N) is 3. The molecule has 0 radical (unpaired) electrons. The first kappa shape index (κ1) is 17.2. The Kier molecular flexibility index (Phi) is 4.87. The Morgan fingerprint density at radius 1 is 1.20 bits per heavy atom. The van der Waals surface area contributed by atoms with Crippen molar-refractivity contribution < 1.29 is 9.90 Å². The minimum atomic E-state index is -0.351. The minimum Gasteiger partial charge on any atom is -0.505 e. The summed E-state index contributed by atoms with van der Waals surface area (Å²) in [6.07, 6.45) is 1.56. The van der Waals surface area contributed by atoms with Gasteiger partial charge in [-0.3, -0.25) is 10.3 Å². The Morgan fingerprint density at radius 2 is 1.92 bits per heavy atom. The molecular formula is C16H13Cl2N5O2. The van der Waals surface area contributed by atoms with Crippen molar-refractivity contribution >= 4 is 46.2 Å². The first-order valence-corrected chi connectivity index (χ1v) is 8.10. The molecule has 128 valence electrons. The summed E-state index contributed by atoms with van der Waals surface area (Å²) in [7, 11) is 0. The number of hydrogen-bond acceptors (Lipinski definition) is 5. The van der Waals surface area contributed by atoms with Gasteiger partial charge >= 0.3 is 6.03 Å². The van der Waals surface area contributed by atoms with Crippen LogP contribution in [0.4, 0.5) is 10.6 Å². The Labute approximate surface area is 153 Å². The fourth-order valence-corrected chi connectivity index (χ4v) is 2.63. The van der Waals surface area contributed by atoms with Crippen LogP contribution in [-0.2, 0) is 0 Å². The second kappa shape index (κ2) is 7.08. The molecule has 2 amide bonds. The number of halogens is 2. The predicted molar refractivity (Wildman–Crippen MR) is 97.1 cm³/mol. The van der Waals surface area contributed by atoms with Gasteiger partial charge in [0.15, 0.2) is 11.4 Å². The predicted octanol–water partition coefficient (Wildman–Crippen LogP) is 3.85. The van der Waals surface area contributed by atoms with Gasteiger partial charge < -0.3 is 10.4 Å². The van der Waals surface area contributed by atoms with Gasteiger partial charge in [0.1, 0.15) is 11.3 Å². The number of phenols is 1. The van der Waals surface area contributed by atoms with Gasteiger partial charge in [0.25, 0.3) is 0 Å². The number of urea groups is 1. The van der Waals surface area contributed by atoms with E-state index < -0.39 is 0 Å². The summed E-state index contributed by atoms with van der Waals surface area (Å²) in [5.74, 6) is 0.166. The second-order valence-electron chi connectivity index (χ2n) is 5.07. The Morgan fingerprint density at radius 3 is 2.60 bits per heavy atom. The molecule has 7 nitrogen and oxygen atoms in total. The molecule has 0 saturated carbocycles.